The van der Waals surface area contributed by atoms with E-state index in [2.05, 4.69) is 15.1 Å². The van der Waals surface area contributed by atoms with Crippen molar-refractivity contribution in [3.05, 3.63) is 18.1 Å². The fourth-order valence-electron chi connectivity index (χ4n) is 3.77. The summed E-state index contributed by atoms with van der Waals surface area (Å²) in [4.78, 5) is 21.5. The third kappa shape index (κ3) is 6.41. The van der Waals surface area contributed by atoms with E-state index < -0.39 is 55.3 Å². The predicted octanol–water partition coefficient (Wildman–Crippen LogP) is 1.53. The van der Waals surface area contributed by atoms with E-state index in [1.165, 1.54) is 4.90 Å². The van der Waals surface area contributed by atoms with E-state index in [9.17, 15) is 34.8 Å². The fourth-order valence-corrected chi connectivity index (χ4v) is 6.72. The highest BCUT2D eigenvalue weighted by atomic mass is 32.3. The van der Waals surface area contributed by atoms with Crippen LogP contribution in [-0.4, -0.2) is 74.8 Å². The number of alkyl halides is 3. The van der Waals surface area contributed by atoms with Crippen LogP contribution in [0.1, 0.15) is 25.5 Å². The number of anilines is 2. The molecule has 1 aliphatic heterocycles. The Labute approximate surface area is 211 Å². The average Bonchev–Trinajstić information content (AvgIpc) is 3.14. The van der Waals surface area contributed by atoms with E-state index in [0.29, 0.717) is 31.4 Å². The summed E-state index contributed by atoms with van der Waals surface area (Å²) in [7, 11) is -7.91. The highest BCUT2D eigenvalue weighted by molar-refractivity contribution is 8.09. The highest BCUT2D eigenvalue weighted by Crippen LogP contribution is 2.42. The summed E-state index contributed by atoms with van der Waals surface area (Å²) in [5.74, 6) is -2.10. The minimum atomic E-state index is -4.80. The Hall–Kier alpha value is -3.15. The van der Waals surface area contributed by atoms with Crippen molar-refractivity contribution >= 4 is 37.5 Å². The van der Waals surface area contributed by atoms with Crippen LogP contribution in [0.15, 0.2) is 12.4 Å². The van der Waals surface area contributed by atoms with Gasteiger partial charge in [0.2, 0.25) is 25.9 Å². The number of halogens is 3. The van der Waals surface area contributed by atoms with Crippen molar-refractivity contribution in [2.75, 3.05) is 40.8 Å². The summed E-state index contributed by atoms with van der Waals surface area (Å²) in [5.41, 5.74) is -1.90. The standard InChI is InChI=1S/C19H25F3N6O7S2/c1-5-34-18(29)12-6-8-27(9-7-12)16-15(28(36(3,30)31)37(4,32)33)17(24-11-23-16)35-14-10-13(19(20,21)22)25-26(14)2/h10-12H,5-9H2,1-4H3. The van der Waals surface area contributed by atoms with Gasteiger partial charge < -0.3 is 14.4 Å². The molecule has 13 nitrogen and oxygen atoms in total. The molecule has 0 unspecified atom stereocenters. The van der Waals surface area contributed by atoms with Crippen molar-refractivity contribution in [3.63, 3.8) is 0 Å². The lowest BCUT2D eigenvalue weighted by Crippen LogP contribution is -2.41. The molecule has 2 aromatic rings. The van der Waals surface area contributed by atoms with Gasteiger partial charge >= 0.3 is 12.1 Å². The molecule has 0 atom stereocenters. The minimum absolute atomic E-state index is 0.0587. The number of nitrogens with zero attached hydrogens (tertiary/aromatic N) is 6. The maximum absolute atomic E-state index is 13.1. The molecule has 1 fully saturated rings. The SMILES string of the molecule is CCOC(=O)C1CCN(c2ncnc(Oc3cc(C(F)(F)F)nn3C)c2N(S(C)(=O)=O)S(C)(=O)=O)CC1. The molecule has 0 radical (unpaired) electrons. The zero-order valence-corrected chi connectivity index (χ0v) is 21.9. The number of sulfonamides is 2. The lowest BCUT2D eigenvalue weighted by atomic mass is 9.97. The maximum Gasteiger partial charge on any atom is 0.435 e. The number of carbonyl (C=O) groups excluding carboxylic acids is 1. The third-order valence-electron chi connectivity index (χ3n) is 5.30. The molecule has 1 saturated heterocycles. The lowest BCUT2D eigenvalue weighted by Gasteiger charge is -2.34. The van der Waals surface area contributed by atoms with E-state index in [0.717, 1.165) is 18.1 Å². The largest absolute Gasteiger partial charge is 0.466 e. The van der Waals surface area contributed by atoms with Crippen molar-refractivity contribution < 1.29 is 44.3 Å². The lowest BCUT2D eigenvalue weighted by molar-refractivity contribution is -0.148. The smallest absolute Gasteiger partial charge is 0.435 e. The molecule has 3 rings (SSSR count). The van der Waals surface area contributed by atoms with Crippen molar-refractivity contribution in [2.45, 2.75) is 25.9 Å². The van der Waals surface area contributed by atoms with Crippen molar-refractivity contribution in [3.8, 4) is 11.8 Å². The fraction of sp³-hybridized carbons (Fsp3) is 0.579. The van der Waals surface area contributed by atoms with Crippen LogP contribution in [0.25, 0.3) is 0 Å². The van der Waals surface area contributed by atoms with Gasteiger partial charge in [0, 0.05) is 26.2 Å². The van der Waals surface area contributed by atoms with E-state index in [1.807, 2.05) is 0 Å². The monoisotopic (exact) mass is 570 g/mol. The molecule has 0 aromatic carbocycles. The second-order valence-electron chi connectivity index (χ2n) is 8.18. The Morgan fingerprint density at radius 3 is 2.22 bits per heavy atom. The highest BCUT2D eigenvalue weighted by Gasteiger charge is 2.39. The Balaban J connectivity index is 2.12. The Kier molecular flexibility index (Phi) is 7.92. The number of ether oxygens (including phenoxy) is 2. The van der Waals surface area contributed by atoms with Gasteiger partial charge in [-0.2, -0.15) is 27.0 Å². The number of piperidine rings is 1. The molecular formula is C19H25F3N6O7S2. The van der Waals surface area contributed by atoms with Gasteiger partial charge in [-0.3, -0.25) is 4.79 Å². The molecule has 0 bridgehead atoms. The van der Waals surface area contributed by atoms with Gasteiger partial charge in [-0.15, -0.1) is 0 Å². The van der Waals surface area contributed by atoms with Gasteiger partial charge in [0.15, 0.2) is 17.2 Å². The number of esters is 1. The summed E-state index contributed by atoms with van der Waals surface area (Å²) >= 11 is 0. The molecule has 18 heteroatoms. The van der Waals surface area contributed by atoms with Crippen LogP contribution in [0.5, 0.6) is 11.8 Å². The second-order valence-corrected chi connectivity index (χ2v) is 12.1. The number of carbonyl (C=O) groups is 1. The quantitative estimate of drug-likeness (QED) is 0.425. The van der Waals surface area contributed by atoms with Crippen LogP contribution in [0.4, 0.5) is 24.7 Å². The van der Waals surface area contributed by atoms with E-state index in [4.69, 9.17) is 9.47 Å². The summed E-state index contributed by atoms with van der Waals surface area (Å²) < 4.78 is 101. The topological polar surface area (TPSA) is 154 Å². The van der Waals surface area contributed by atoms with Gasteiger partial charge in [-0.25, -0.2) is 26.5 Å². The van der Waals surface area contributed by atoms with Crippen LogP contribution >= 0.6 is 0 Å². The summed E-state index contributed by atoms with van der Waals surface area (Å²) in [6.07, 6.45) is -1.98. The van der Waals surface area contributed by atoms with Gasteiger partial charge in [-0.1, -0.05) is 0 Å². The molecule has 0 spiro atoms. The van der Waals surface area contributed by atoms with Crippen LogP contribution < -0.4 is 13.3 Å². The van der Waals surface area contributed by atoms with Gasteiger partial charge in [0.05, 0.1) is 25.0 Å². The van der Waals surface area contributed by atoms with E-state index >= 15 is 0 Å². The molecule has 0 amide bonds. The number of aryl methyl sites for hydroxylation is 1. The Morgan fingerprint density at radius 2 is 1.73 bits per heavy atom. The number of rotatable bonds is 8. The zero-order valence-electron chi connectivity index (χ0n) is 20.3. The predicted molar refractivity (Wildman–Crippen MR) is 124 cm³/mol. The number of hydrogen-bond donors (Lipinski definition) is 0. The molecule has 3 heterocycles. The molecule has 37 heavy (non-hydrogen) atoms. The third-order valence-corrected chi connectivity index (χ3v) is 8.49. The first kappa shape index (κ1) is 28.4. The average molecular weight is 571 g/mol. The van der Waals surface area contributed by atoms with Gasteiger partial charge in [0.25, 0.3) is 5.88 Å². The van der Waals surface area contributed by atoms with Crippen molar-refractivity contribution in [1.82, 2.24) is 19.7 Å². The Bertz CT molecular complexity index is 1340. The molecule has 1 aliphatic rings. The first-order valence-corrected chi connectivity index (χ1v) is 14.5. The molecule has 0 aliphatic carbocycles. The molecule has 0 N–H and O–H groups in total. The molecular weight excluding hydrogens is 545 g/mol. The van der Waals surface area contributed by atoms with Crippen LogP contribution in [0.2, 0.25) is 0 Å². The summed E-state index contributed by atoms with van der Waals surface area (Å²) in [5, 5.41) is 3.32. The summed E-state index contributed by atoms with van der Waals surface area (Å²) in [6, 6.07) is 0.557. The van der Waals surface area contributed by atoms with Gasteiger partial charge in [-0.05, 0) is 19.8 Å². The second kappa shape index (κ2) is 10.3. The van der Waals surface area contributed by atoms with Crippen LogP contribution in [0.3, 0.4) is 0 Å². The van der Waals surface area contributed by atoms with Crippen molar-refractivity contribution in [1.29, 1.82) is 0 Å². The number of hydrogen-bond acceptors (Lipinski definition) is 11. The maximum atomic E-state index is 13.1. The van der Waals surface area contributed by atoms with Gasteiger partial charge in [0.1, 0.15) is 6.33 Å². The van der Waals surface area contributed by atoms with Crippen molar-refractivity contribution in [2.24, 2.45) is 13.0 Å². The molecule has 2 aromatic heterocycles. The minimum Gasteiger partial charge on any atom is -0.466 e. The molecule has 206 valence electrons. The molecule has 0 saturated carbocycles. The normalized spacial score (nSPS) is 15.5. The van der Waals surface area contributed by atoms with Crippen LogP contribution in [-0.2, 0) is 42.8 Å². The van der Waals surface area contributed by atoms with E-state index in [1.54, 1.807) is 6.92 Å². The zero-order chi connectivity index (χ0) is 27.8. The number of aromatic nitrogens is 4. The van der Waals surface area contributed by atoms with Crippen LogP contribution in [0, 0.1) is 5.92 Å². The first-order chi connectivity index (χ1) is 17.0. The van der Waals surface area contributed by atoms with E-state index in [-0.39, 0.29) is 35.2 Å². The first-order valence-electron chi connectivity index (χ1n) is 10.8. The summed E-state index contributed by atoms with van der Waals surface area (Å²) in [6.45, 7) is 2.21. The Morgan fingerprint density at radius 1 is 1.14 bits per heavy atom.